The van der Waals surface area contributed by atoms with Gasteiger partial charge in [-0.1, -0.05) is 17.9 Å². The lowest BCUT2D eigenvalue weighted by Crippen LogP contribution is -2.49. The summed E-state index contributed by atoms with van der Waals surface area (Å²) in [6.07, 6.45) is 3.04. The second kappa shape index (κ2) is 9.65. The summed E-state index contributed by atoms with van der Waals surface area (Å²) in [5.74, 6) is 6.02. The zero-order valence-corrected chi connectivity index (χ0v) is 19.3. The lowest BCUT2D eigenvalue weighted by atomic mass is 10.0. The molecule has 2 aromatic heterocycles. The van der Waals surface area contributed by atoms with E-state index >= 15 is 0 Å². The average Bonchev–Trinajstić information content (AvgIpc) is 2.99. The molecule has 5 rings (SSSR count). The summed E-state index contributed by atoms with van der Waals surface area (Å²) in [7, 11) is 1.60. The monoisotopic (exact) mass is 486 g/mol. The normalized spacial score (nSPS) is 17.9. The van der Waals surface area contributed by atoms with Crippen LogP contribution in [0.4, 0.5) is 5.69 Å². The van der Waals surface area contributed by atoms with E-state index < -0.39 is 17.6 Å². The highest BCUT2D eigenvalue weighted by Gasteiger charge is 2.34. The van der Waals surface area contributed by atoms with Crippen molar-refractivity contribution in [3.8, 4) is 29.2 Å². The molecule has 1 aromatic carbocycles. The van der Waals surface area contributed by atoms with Crippen molar-refractivity contribution in [3.63, 3.8) is 0 Å². The molecular formula is C26H22N4O6. The average molecular weight is 486 g/mol. The molecule has 2 amide bonds. The zero-order chi connectivity index (χ0) is 25.1. The molecule has 0 aliphatic carbocycles. The SMILES string of the molecule is CN1C(=O)C(NC(=O)c2cc(Oc3ccccn3)ccn2)COc2ccc(C#CC3(O)COC3)cc21. The third-order valence-corrected chi connectivity index (χ3v) is 5.61. The number of ether oxygens (including phenoxy) is 3. The van der Waals surface area contributed by atoms with Crippen LogP contribution >= 0.6 is 0 Å². The Morgan fingerprint density at radius 2 is 2.06 bits per heavy atom. The second-order valence-electron chi connectivity index (χ2n) is 8.34. The van der Waals surface area contributed by atoms with Crippen LogP contribution in [-0.4, -0.2) is 65.4 Å². The van der Waals surface area contributed by atoms with Crippen LogP contribution in [0.3, 0.4) is 0 Å². The van der Waals surface area contributed by atoms with E-state index in [4.69, 9.17) is 14.2 Å². The number of carbonyl (C=O) groups is 2. The summed E-state index contributed by atoms with van der Waals surface area (Å²) in [6.45, 7) is 0.274. The molecule has 0 saturated carbocycles. The number of pyridine rings is 2. The van der Waals surface area contributed by atoms with Gasteiger partial charge in [-0.2, -0.15) is 0 Å². The molecule has 1 unspecified atom stereocenters. The molecule has 2 N–H and O–H groups in total. The third kappa shape index (κ3) is 4.98. The van der Waals surface area contributed by atoms with E-state index in [1.165, 1.54) is 17.2 Å². The summed E-state index contributed by atoms with van der Waals surface area (Å²) < 4.78 is 16.5. The molecule has 0 spiro atoms. The van der Waals surface area contributed by atoms with Crippen molar-refractivity contribution in [1.82, 2.24) is 15.3 Å². The van der Waals surface area contributed by atoms with Gasteiger partial charge in [-0.05, 0) is 30.3 Å². The first-order valence-corrected chi connectivity index (χ1v) is 11.1. The van der Waals surface area contributed by atoms with Gasteiger partial charge in [0.25, 0.3) is 11.8 Å². The predicted molar refractivity (Wildman–Crippen MR) is 128 cm³/mol. The maximum atomic E-state index is 13.2. The Morgan fingerprint density at radius 3 is 2.81 bits per heavy atom. The lowest BCUT2D eigenvalue weighted by Gasteiger charge is -2.30. The maximum Gasteiger partial charge on any atom is 0.270 e. The second-order valence-corrected chi connectivity index (χ2v) is 8.34. The summed E-state index contributed by atoms with van der Waals surface area (Å²) >= 11 is 0. The van der Waals surface area contributed by atoms with E-state index in [2.05, 4.69) is 27.1 Å². The number of likely N-dealkylation sites (N-methyl/N-ethyl adjacent to an activating group) is 1. The Hall–Kier alpha value is -4.46. The molecule has 2 aliphatic rings. The van der Waals surface area contributed by atoms with Gasteiger partial charge in [0.1, 0.15) is 29.8 Å². The Morgan fingerprint density at radius 1 is 1.19 bits per heavy atom. The fourth-order valence-corrected chi connectivity index (χ4v) is 3.59. The quantitative estimate of drug-likeness (QED) is 0.533. The Balaban J connectivity index is 1.29. The number of aromatic nitrogens is 2. The summed E-state index contributed by atoms with van der Waals surface area (Å²) in [4.78, 5) is 35.6. The van der Waals surface area contributed by atoms with Crippen molar-refractivity contribution in [2.75, 3.05) is 31.8 Å². The lowest BCUT2D eigenvalue weighted by molar-refractivity contribution is -0.140. The summed E-state index contributed by atoms with van der Waals surface area (Å²) in [6, 6.07) is 12.5. The van der Waals surface area contributed by atoms with Crippen molar-refractivity contribution in [2.45, 2.75) is 11.6 Å². The number of aliphatic hydroxyl groups is 1. The number of hydrogen-bond acceptors (Lipinski definition) is 8. The van der Waals surface area contributed by atoms with Gasteiger partial charge in [0, 0.05) is 37.1 Å². The van der Waals surface area contributed by atoms with Crippen LogP contribution in [0.5, 0.6) is 17.4 Å². The van der Waals surface area contributed by atoms with E-state index in [0.29, 0.717) is 28.6 Å². The third-order valence-electron chi connectivity index (χ3n) is 5.61. The minimum absolute atomic E-state index is 0.0614. The van der Waals surface area contributed by atoms with Gasteiger partial charge < -0.3 is 29.5 Å². The maximum absolute atomic E-state index is 13.2. The van der Waals surface area contributed by atoms with E-state index in [1.54, 1.807) is 55.7 Å². The number of benzene rings is 1. The van der Waals surface area contributed by atoms with Crippen LogP contribution in [0, 0.1) is 11.8 Å². The summed E-state index contributed by atoms with van der Waals surface area (Å²) in [5.41, 5.74) is 0.0445. The molecule has 2 aliphatic heterocycles. The van der Waals surface area contributed by atoms with Gasteiger partial charge in [-0.3, -0.25) is 14.6 Å². The van der Waals surface area contributed by atoms with Crippen LogP contribution in [0.2, 0.25) is 0 Å². The number of nitrogens with zero attached hydrogens (tertiary/aromatic N) is 3. The molecule has 10 nitrogen and oxygen atoms in total. The van der Waals surface area contributed by atoms with Gasteiger partial charge >= 0.3 is 0 Å². The van der Waals surface area contributed by atoms with Crippen LogP contribution in [0.25, 0.3) is 0 Å². The molecule has 182 valence electrons. The van der Waals surface area contributed by atoms with Crippen molar-refractivity contribution in [1.29, 1.82) is 0 Å². The van der Waals surface area contributed by atoms with Gasteiger partial charge in [-0.25, -0.2) is 4.98 Å². The standard InChI is InChI=1S/C26H22N4O6/c1-30-21-12-17(7-9-26(33)15-34-16-26)5-6-22(21)35-14-20(25(30)32)29-24(31)19-13-18(8-11-27-19)36-23-4-2-3-10-28-23/h2-6,8,10-13,20,33H,14-16H2,1H3,(H,29,31). The molecule has 4 heterocycles. The number of rotatable bonds is 4. The zero-order valence-electron chi connectivity index (χ0n) is 19.3. The smallest absolute Gasteiger partial charge is 0.270 e. The van der Waals surface area contributed by atoms with Gasteiger partial charge in [0.2, 0.25) is 5.88 Å². The Labute approximate surface area is 206 Å². The fourth-order valence-electron chi connectivity index (χ4n) is 3.59. The van der Waals surface area contributed by atoms with Gasteiger partial charge in [0.15, 0.2) is 5.60 Å². The molecule has 1 atom stereocenters. The number of hydrogen-bond donors (Lipinski definition) is 2. The molecule has 10 heteroatoms. The molecule has 0 radical (unpaired) electrons. The van der Waals surface area contributed by atoms with E-state index in [1.807, 2.05) is 0 Å². The van der Waals surface area contributed by atoms with E-state index in [9.17, 15) is 14.7 Å². The molecule has 1 saturated heterocycles. The highest BCUT2D eigenvalue weighted by Crippen LogP contribution is 2.31. The number of anilines is 1. The van der Waals surface area contributed by atoms with Crippen molar-refractivity contribution in [2.24, 2.45) is 0 Å². The topological polar surface area (TPSA) is 123 Å². The molecule has 1 fully saturated rings. The van der Waals surface area contributed by atoms with Crippen LogP contribution in [0.1, 0.15) is 16.1 Å². The van der Waals surface area contributed by atoms with Crippen molar-refractivity contribution >= 4 is 17.5 Å². The number of carbonyl (C=O) groups excluding carboxylic acids is 2. The highest BCUT2D eigenvalue weighted by atomic mass is 16.5. The van der Waals surface area contributed by atoms with Crippen molar-refractivity contribution in [3.05, 3.63) is 72.2 Å². The highest BCUT2D eigenvalue weighted by molar-refractivity contribution is 6.03. The Bertz CT molecular complexity index is 1360. The van der Waals surface area contributed by atoms with Crippen LogP contribution in [-0.2, 0) is 9.53 Å². The number of amides is 2. The van der Waals surface area contributed by atoms with Crippen LogP contribution in [0.15, 0.2) is 60.9 Å². The van der Waals surface area contributed by atoms with Gasteiger partial charge in [-0.15, -0.1) is 0 Å². The predicted octanol–water partition coefficient (Wildman–Crippen LogP) is 1.54. The number of fused-ring (bicyclic) bond motifs is 1. The van der Waals surface area contributed by atoms with Crippen LogP contribution < -0.4 is 19.7 Å². The minimum atomic E-state index is -1.14. The van der Waals surface area contributed by atoms with Gasteiger partial charge in [0.05, 0.1) is 18.9 Å². The van der Waals surface area contributed by atoms with E-state index in [0.717, 1.165) is 0 Å². The van der Waals surface area contributed by atoms with Crippen molar-refractivity contribution < 1.29 is 28.9 Å². The largest absolute Gasteiger partial charge is 0.489 e. The molecule has 0 bridgehead atoms. The first kappa shape index (κ1) is 23.3. The summed E-state index contributed by atoms with van der Waals surface area (Å²) in [5, 5.41) is 12.8. The molecule has 36 heavy (non-hydrogen) atoms. The molecule has 3 aromatic rings. The first-order valence-electron chi connectivity index (χ1n) is 11.1. The fraction of sp³-hybridized carbons (Fsp3) is 0.231. The minimum Gasteiger partial charge on any atom is -0.489 e. The Kier molecular flexibility index (Phi) is 6.25. The number of nitrogens with one attached hydrogen (secondary N) is 1. The van der Waals surface area contributed by atoms with E-state index in [-0.39, 0.29) is 31.4 Å². The molecular weight excluding hydrogens is 464 g/mol. The first-order chi connectivity index (χ1) is 17.4.